The topological polar surface area (TPSA) is 35.5 Å². The molecule has 0 bridgehead atoms. The van der Waals surface area contributed by atoms with Crippen LogP contribution in [0.15, 0.2) is 0 Å². The molecule has 1 aliphatic rings. The van der Waals surface area contributed by atoms with Gasteiger partial charge in [-0.2, -0.15) is 0 Å². The van der Waals surface area contributed by atoms with Crippen LogP contribution in [-0.4, -0.2) is 47.8 Å². The number of piperazine rings is 1. The lowest BCUT2D eigenvalue weighted by molar-refractivity contribution is 0.0898. The number of rotatable bonds is 2. The summed E-state index contributed by atoms with van der Waals surface area (Å²) >= 11 is 0. The molecule has 1 aliphatic heterocycles. The number of aliphatic hydroxyl groups is 1. The van der Waals surface area contributed by atoms with Crippen molar-refractivity contribution >= 4 is 0 Å². The summed E-state index contributed by atoms with van der Waals surface area (Å²) in [6.45, 7) is 8.81. The van der Waals surface area contributed by atoms with Gasteiger partial charge in [-0.1, -0.05) is 0 Å². The van der Waals surface area contributed by atoms with Gasteiger partial charge in [0.15, 0.2) is 0 Å². The number of aliphatic hydroxyl groups excluding tert-OH is 1. The Morgan fingerprint density at radius 1 is 1.42 bits per heavy atom. The zero-order valence-electron chi connectivity index (χ0n) is 8.25. The number of nitrogens with one attached hydrogen (secondary N) is 1. The monoisotopic (exact) mass is 172 g/mol. The number of hydrogen-bond acceptors (Lipinski definition) is 3. The molecular formula is C9H20N2O. The fourth-order valence-corrected chi connectivity index (χ4v) is 1.84. The lowest BCUT2D eigenvalue weighted by atomic mass is 10.1. The van der Waals surface area contributed by atoms with E-state index in [-0.39, 0.29) is 6.61 Å². The molecular weight excluding hydrogens is 152 g/mol. The first kappa shape index (κ1) is 9.96. The summed E-state index contributed by atoms with van der Waals surface area (Å²) < 4.78 is 0. The van der Waals surface area contributed by atoms with E-state index in [1.54, 1.807) is 0 Å². The second-order valence-electron chi connectivity index (χ2n) is 3.95. The van der Waals surface area contributed by atoms with Crippen LogP contribution in [0.4, 0.5) is 0 Å². The van der Waals surface area contributed by atoms with Crippen molar-refractivity contribution in [1.29, 1.82) is 0 Å². The van der Waals surface area contributed by atoms with Crippen molar-refractivity contribution in [2.45, 2.75) is 38.9 Å². The minimum atomic E-state index is 0.263. The summed E-state index contributed by atoms with van der Waals surface area (Å²) in [5.41, 5.74) is 0. The Labute approximate surface area is 74.8 Å². The van der Waals surface area contributed by atoms with Gasteiger partial charge in [-0.3, -0.25) is 4.90 Å². The summed E-state index contributed by atoms with van der Waals surface area (Å²) in [6.07, 6.45) is 0. The SMILES string of the molecule is CC1CN(C(C)CO)CC(C)N1. The average molecular weight is 172 g/mol. The van der Waals surface area contributed by atoms with Crippen LogP contribution in [-0.2, 0) is 0 Å². The van der Waals surface area contributed by atoms with Crippen LogP contribution in [0.25, 0.3) is 0 Å². The molecule has 2 N–H and O–H groups in total. The average Bonchev–Trinajstić information content (AvgIpc) is 2.01. The molecule has 3 unspecified atom stereocenters. The van der Waals surface area contributed by atoms with Crippen molar-refractivity contribution in [3.63, 3.8) is 0 Å². The van der Waals surface area contributed by atoms with Crippen LogP contribution in [0.3, 0.4) is 0 Å². The summed E-state index contributed by atoms with van der Waals surface area (Å²) in [6, 6.07) is 1.39. The van der Waals surface area contributed by atoms with Crippen LogP contribution in [0.2, 0.25) is 0 Å². The molecule has 0 aromatic heterocycles. The van der Waals surface area contributed by atoms with Crippen molar-refractivity contribution < 1.29 is 5.11 Å². The molecule has 0 aliphatic carbocycles. The van der Waals surface area contributed by atoms with E-state index < -0.39 is 0 Å². The highest BCUT2D eigenvalue weighted by Crippen LogP contribution is 2.07. The van der Waals surface area contributed by atoms with Gasteiger partial charge in [-0.25, -0.2) is 0 Å². The maximum Gasteiger partial charge on any atom is 0.0584 e. The van der Waals surface area contributed by atoms with E-state index in [1.807, 2.05) is 0 Å². The molecule has 3 nitrogen and oxygen atoms in total. The van der Waals surface area contributed by atoms with Gasteiger partial charge in [0.2, 0.25) is 0 Å². The molecule has 1 fully saturated rings. The molecule has 0 aromatic rings. The predicted molar refractivity (Wildman–Crippen MR) is 50.2 cm³/mol. The molecule has 0 radical (unpaired) electrons. The minimum absolute atomic E-state index is 0.263. The Balaban J connectivity index is 2.43. The van der Waals surface area contributed by atoms with Gasteiger partial charge in [-0.05, 0) is 20.8 Å². The van der Waals surface area contributed by atoms with Gasteiger partial charge < -0.3 is 10.4 Å². The second kappa shape index (κ2) is 4.21. The minimum Gasteiger partial charge on any atom is -0.395 e. The Bertz CT molecular complexity index is 130. The van der Waals surface area contributed by atoms with E-state index in [1.165, 1.54) is 0 Å². The van der Waals surface area contributed by atoms with Crippen molar-refractivity contribution in [3.8, 4) is 0 Å². The van der Waals surface area contributed by atoms with Gasteiger partial charge in [0, 0.05) is 31.2 Å². The molecule has 1 rings (SSSR count). The highest BCUT2D eigenvalue weighted by molar-refractivity contribution is 4.83. The molecule has 72 valence electrons. The van der Waals surface area contributed by atoms with Crippen molar-refractivity contribution in [2.24, 2.45) is 0 Å². The fourth-order valence-electron chi connectivity index (χ4n) is 1.84. The zero-order valence-corrected chi connectivity index (χ0v) is 8.25. The highest BCUT2D eigenvalue weighted by Gasteiger charge is 2.23. The van der Waals surface area contributed by atoms with E-state index in [9.17, 15) is 0 Å². The molecule has 0 aromatic carbocycles. The summed E-state index contributed by atoms with van der Waals surface area (Å²) in [4.78, 5) is 2.34. The first-order valence-electron chi connectivity index (χ1n) is 4.74. The summed E-state index contributed by atoms with van der Waals surface area (Å²) in [5.74, 6) is 0. The van der Waals surface area contributed by atoms with Crippen molar-refractivity contribution in [3.05, 3.63) is 0 Å². The first-order valence-corrected chi connectivity index (χ1v) is 4.74. The second-order valence-corrected chi connectivity index (χ2v) is 3.95. The molecule has 1 saturated heterocycles. The molecule has 0 saturated carbocycles. The number of hydrogen-bond donors (Lipinski definition) is 2. The molecule has 12 heavy (non-hydrogen) atoms. The Kier molecular flexibility index (Phi) is 3.50. The van der Waals surface area contributed by atoms with E-state index in [4.69, 9.17) is 5.11 Å². The number of nitrogens with zero attached hydrogens (tertiary/aromatic N) is 1. The lowest BCUT2D eigenvalue weighted by Crippen LogP contribution is -2.57. The lowest BCUT2D eigenvalue weighted by Gasteiger charge is -2.39. The Morgan fingerprint density at radius 2 is 1.92 bits per heavy atom. The van der Waals surface area contributed by atoms with Crippen LogP contribution >= 0.6 is 0 Å². The third kappa shape index (κ3) is 2.44. The summed E-state index contributed by atoms with van der Waals surface area (Å²) in [5, 5.41) is 12.5. The van der Waals surface area contributed by atoms with Crippen LogP contribution in [0.1, 0.15) is 20.8 Å². The van der Waals surface area contributed by atoms with E-state index in [0.717, 1.165) is 13.1 Å². The van der Waals surface area contributed by atoms with Gasteiger partial charge >= 0.3 is 0 Å². The molecule has 3 heteroatoms. The largest absolute Gasteiger partial charge is 0.395 e. The van der Waals surface area contributed by atoms with E-state index in [2.05, 4.69) is 31.0 Å². The Hall–Kier alpha value is -0.120. The first-order chi connectivity index (χ1) is 5.63. The highest BCUT2D eigenvalue weighted by atomic mass is 16.3. The van der Waals surface area contributed by atoms with Crippen LogP contribution in [0.5, 0.6) is 0 Å². The summed E-state index contributed by atoms with van der Waals surface area (Å²) in [7, 11) is 0. The standard InChI is InChI=1S/C9H20N2O/c1-7-4-11(9(3)6-12)5-8(2)10-7/h7-10,12H,4-6H2,1-3H3. The Morgan fingerprint density at radius 3 is 2.33 bits per heavy atom. The van der Waals surface area contributed by atoms with E-state index >= 15 is 0 Å². The maximum absolute atomic E-state index is 9.00. The van der Waals surface area contributed by atoms with Crippen molar-refractivity contribution in [1.82, 2.24) is 10.2 Å². The molecule has 1 heterocycles. The van der Waals surface area contributed by atoms with Crippen LogP contribution < -0.4 is 5.32 Å². The van der Waals surface area contributed by atoms with Crippen molar-refractivity contribution in [2.75, 3.05) is 19.7 Å². The fraction of sp³-hybridized carbons (Fsp3) is 1.00. The molecule has 0 spiro atoms. The van der Waals surface area contributed by atoms with Crippen LogP contribution in [0, 0.1) is 0 Å². The third-order valence-corrected chi connectivity index (χ3v) is 2.47. The van der Waals surface area contributed by atoms with Gasteiger partial charge in [0.05, 0.1) is 6.61 Å². The molecule has 3 atom stereocenters. The van der Waals surface area contributed by atoms with Gasteiger partial charge in [-0.15, -0.1) is 0 Å². The quantitative estimate of drug-likeness (QED) is 0.618. The van der Waals surface area contributed by atoms with Gasteiger partial charge in [0.25, 0.3) is 0 Å². The smallest absolute Gasteiger partial charge is 0.0584 e. The third-order valence-electron chi connectivity index (χ3n) is 2.47. The van der Waals surface area contributed by atoms with Gasteiger partial charge in [0.1, 0.15) is 0 Å². The maximum atomic E-state index is 9.00. The zero-order chi connectivity index (χ0) is 9.14. The normalized spacial score (nSPS) is 35.0. The molecule has 0 amide bonds. The predicted octanol–water partition coefficient (Wildman–Crippen LogP) is 0.0494. The van der Waals surface area contributed by atoms with E-state index in [0.29, 0.717) is 18.1 Å².